The third-order valence-corrected chi connectivity index (χ3v) is 5.45. The smallest absolute Gasteiger partial charge is 0.186 e. The van der Waals surface area contributed by atoms with Gasteiger partial charge in [-0.15, -0.1) is 0 Å². The van der Waals surface area contributed by atoms with E-state index in [2.05, 4.69) is 45.0 Å². The maximum atomic E-state index is 4.77. The summed E-state index contributed by atoms with van der Waals surface area (Å²) in [7, 11) is 2.16. The lowest BCUT2D eigenvalue weighted by Gasteiger charge is -2.23. The lowest BCUT2D eigenvalue weighted by Crippen LogP contribution is -2.34. The molecule has 0 saturated carbocycles. The normalized spacial score (nSPS) is 18.2. The highest BCUT2D eigenvalue weighted by molar-refractivity contribution is 7.22. The van der Waals surface area contributed by atoms with Gasteiger partial charge in [-0.1, -0.05) is 23.5 Å². The van der Waals surface area contributed by atoms with E-state index in [-0.39, 0.29) is 0 Å². The Labute approximate surface area is 139 Å². The van der Waals surface area contributed by atoms with Crippen LogP contribution in [0.3, 0.4) is 0 Å². The Hall–Kier alpha value is -2.05. The first-order chi connectivity index (χ1) is 11.3. The minimum Gasteiger partial charge on any atom is -0.346 e. The number of para-hydroxylation sites is 1. The second-order valence-electron chi connectivity index (χ2n) is 5.93. The largest absolute Gasteiger partial charge is 0.346 e. The predicted molar refractivity (Wildman–Crippen MR) is 93.7 cm³/mol. The molecule has 0 amide bonds. The number of hydrogen-bond acceptors (Lipinski definition) is 6. The predicted octanol–water partition coefficient (Wildman–Crippen LogP) is 2.80. The summed E-state index contributed by atoms with van der Waals surface area (Å²) >= 11 is 1.78. The molecular formula is C17H19N5S. The first kappa shape index (κ1) is 14.5. The van der Waals surface area contributed by atoms with E-state index in [4.69, 9.17) is 4.98 Å². The number of rotatable bonds is 4. The molecule has 23 heavy (non-hydrogen) atoms. The summed E-state index contributed by atoms with van der Waals surface area (Å²) in [5.41, 5.74) is 1.10. The van der Waals surface area contributed by atoms with E-state index in [1.807, 2.05) is 12.1 Å². The Bertz CT molecular complexity index is 755. The van der Waals surface area contributed by atoms with Crippen molar-refractivity contribution in [3.8, 4) is 0 Å². The Balaban J connectivity index is 1.44. The summed E-state index contributed by atoms with van der Waals surface area (Å²) in [6.45, 7) is 2.87. The van der Waals surface area contributed by atoms with Crippen molar-refractivity contribution in [1.82, 2.24) is 19.9 Å². The van der Waals surface area contributed by atoms with Crippen LogP contribution in [0.4, 0.5) is 5.13 Å². The van der Waals surface area contributed by atoms with Gasteiger partial charge in [0.25, 0.3) is 0 Å². The van der Waals surface area contributed by atoms with Crippen molar-refractivity contribution >= 4 is 26.7 Å². The summed E-state index contributed by atoms with van der Waals surface area (Å²) in [6.07, 6.45) is 4.76. The molecule has 4 rings (SSSR count). The molecule has 2 aromatic heterocycles. The number of anilines is 1. The number of thiazole rings is 1. The third-order valence-electron chi connectivity index (χ3n) is 4.35. The second kappa shape index (κ2) is 6.22. The molecular weight excluding hydrogens is 306 g/mol. The number of benzene rings is 1. The highest BCUT2D eigenvalue weighted by atomic mass is 32.1. The SMILES string of the molecule is CN(Cc1ncccn1)[C@@H]1CCN(c2nc3ccccc3s2)C1. The molecule has 1 saturated heterocycles. The van der Waals surface area contributed by atoms with E-state index in [1.165, 1.54) is 4.70 Å². The first-order valence-electron chi connectivity index (χ1n) is 7.86. The van der Waals surface area contributed by atoms with Crippen LogP contribution in [0.5, 0.6) is 0 Å². The van der Waals surface area contributed by atoms with Crippen LogP contribution < -0.4 is 4.90 Å². The quantitative estimate of drug-likeness (QED) is 0.738. The number of hydrogen-bond donors (Lipinski definition) is 0. The van der Waals surface area contributed by atoms with Crippen LogP contribution in [-0.4, -0.2) is 46.0 Å². The van der Waals surface area contributed by atoms with Crippen LogP contribution in [0.15, 0.2) is 42.7 Å². The van der Waals surface area contributed by atoms with Crippen molar-refractivity contribution in [3.05, 3.63) is 48.5 Å². The highest BCUT2D eigenvalue weighted by Gasteiger charge is 2.27. The number of nitrogens with zero attached hydrogens (tertiary/aromatic N) is 5. The zero-order valence-corrected chi connectivity index (χ0v) is 13.9. The average molecular weight is 325 g/mol. The van der Waals surface area contributed by atoms with Crippen molar-refractivity contribution in [3.63, 3.8) is 0 Å². The maximum absolute atomic E-state index is 4.77. The molecule has 1 fully saturated rings. The van der Waals surface area contributed by atoms with Gasteiger partial charge in [0.05, 0.1) is 16.8 Å². The average Bonchev–Trinajstić information content (AvgIpc) is 3.22. The Morgan fingerprint density at radius 1 is 1.22 bits per heavy atom. The van der Waals surface area contributed by atoms with Gasteiger partial charge in [0.1, 0.15) is 5.82 Å². The molecule has 1 atom stereocenters. The minimum atomic E-state index is 0.519. The summed E-state index contributed by atoms with van der Waals surface area (Å²) < 4.78 is 1.26. The molecule has 0 N–H and O–H groups in total. The van der Waals surface area contributed by atoms with Gasteiger partial charge in [-0.2, -0.15) is 0 Å². The Morgan fingerprint density at radius 2 is 2.04 bits per heavy atom. The van der Waals surface area contributed by atoms with Crippen LogP contribution in [0.1, 0.15) is 12.2 Å². The molecule has 1 aromatic carbocycles. The standard InChI is InChI=1S/C17H19N5S/c1-21(12-16-18-8-4-9-19-16)13-7-10-22(11-13)17-20-14-5-2-3-6-15(14)23-17/h2-6,8-9,13H,7,10-12H2,1H3/t13-/m1/s1. The van der Waals surface area contributed by atoms with E-state index in [9.17, 15) is 0 Å². The molecule has 3 heterocycles. The summed E-state index contributed by atoms with van der Waals surface area (Å²) in [5, 5.41) is 1.14. The van der Waals surface area contributed by atoms with Crippen LogP contribution in [-0.2, 0) is 6.54 Å². The number of aromatic nitrogens is 3. The molecule has 1 aliphatic rings. The molecule has 0 bridgehead atoms. The molecule has 5 nitrogen and oxygen atoms in total. The van der Waals surface area contributed by atoms with Crippen LogP contribution in [0, 0.1) is 0 Å². The molecule has 6 heteroatoms. The van der Waals surface area contributed by atoms with Gasteiger partial charge in [-0.25, -0.2) is 15.0 Å². The first-order valence-corrected chi connectivity index (χ1v) is 8.68. The summed E-state index contributed by atoms with van der Waals surface area (Å²) in [4.78, 5) is 18.2. The molecule has 0 aliphatic carbocycles. The van der Waals surface area contributed by atoms with E-state index >= 15 is 0 Å². The van der Waals surface area contributed by atoms with Gasteiger partial charge in [-0.05, 0) is 31.7 Å². The fourth-order valence-corrected chi connectivity index (χ4v) is 4.03. The lowest BCUT2D eigenvalue weighted by molar-refractivity contribution is 0.244. The van der Waals surface area contributed by atoms with Crippen molar-refractivity contribution < 1.29 is 0 Å². The molecule has 118 valence electrons. The monoisotopic (exact) mass is 325 g/mol. The topological polar surface area (TPSA) is 45.2 Å². The molecule has 3 aromatic rings. The van der Waals surface area contributed by atoms with Gasteiger partial charge in [-0.3, -0.25) is 4.90 Å². The van der Waals surface area contributed by atoms with Crippen LogP contribution in [0.25, 0.3) is 10.2 Å². The second-order valence-corrected chi connectivity index (χ2v) is 6.94. The fourth-order valence-electron chi connectivity index (χ4n) is 3.03. The van der Waals surface area contributed by atoms with Crippen molar-refractivity contribution in [2.75, 3.05) is 25.0 Å². The van der Waals surface area contributed by atoms with E-state index < -0.39 is 0 Å². The molecule has 0 spiro atoms. The van der Waals surface area contributed by atoms with Crippen molar-refractivity contribution in [2.45, 2.75) is 19.0 Å². The van der Waals surface area contributed by atoms with Gasteiger partial charge in [0, 0.05) is 31.5 Å². The fraction of sp³-hybridized carbons (Fsp3) is 0.353. The van der Waals surface area contributed by atoms with E-state index in [0.29, 0.717) is 6.04 Å². The molecule has 0 unspecified atom stereocenters. The maximum Gasteiger partial charge on any atom is 0.186 e. The summed E-state index contributed by atoms with van der Waals surface area (Å²) in [6, 6.07) is 10.7. The minimum absolute atomic E-state index is 0.519. The van der Waals surface area contributed by atoms with Gasteiger partial charge < -0.3 is 4.90 Å². The van der Waals surface area contributed by atoms with Gasteiger partial charge in [0.15, 0.2) is 5.13 Å². The third kappa shape index (κ3) is 3.04. The Kier molecular flexibility index (Phi) is 3.93. The summed E-state index contributed by atoms with van der Waals surface area (Å²) in [5.74, 6) is 0.883. The molecule has 0 radical (unpaired) electrons. The lowest BCUT2D eigenvalue weighted by atomic mass is 10.2. The zero-order chi connectivity index (χ0) is 15.6. The van der Waals surface area contributed by atoms with E-state index in [0.717, 1.165) is 42.5 Å². The zero-order valence-electron chi connectivity index (χ0n) is 13.1. The van der Waals surface area contributed by atoms with Crippen molar-refractivity contribution in [1.29, 1.82) is 0 Å². The van der Waals surface area contributed by atoms with Crippen molar-refractivity contribution in [2.24, 2.45) is 0 Å². The number of likely N-dealkylation sites (N-methyl/N-ethyl adjacent to an activating group) is 1. The highest BCUT2D eigenvalue weighted by Crippen LogP contribution is 2.31. The Morgan fingerprint density at radius 3 is 2.87 bits per heavy atom. The van der Waals surface area contributed by atoms with E-state index in [1.54, 1.807) is 23.7 Å². The van der Waals surface area contributed by atoms with Gasteiger partial charge >= 0.3 is 0 Å². The van der Waals surface area contributed by atoms with Gasteiger partial charge in [0.2, 0.25) is 0 Å². The van der Waals surface area contributed by atoms with Crippen LogP contribution >= 0.6 is 11.3 Å². The van der Waals surface area contributed by atoms with Crippen LogP contribution in [0.2, 0.25) is 0 Å². The number of fused-ring (bicyclic) bond motifs is 1. The molecule has 1 aliphatic heterocycles.